The molecular weight excluding hydrogens is 364 g/mol. The maximum absolute atomic E-state index is 12.3. The summed E-state index contributed by atoms with van der Waals surface area (Å²) >= 11 is 0. The first-order valence-electron chi connectivity index (χ1n) is 8.19. The van der Waals surface area contributed by atoms with Crippen LogP contribution >= 0.6 is 0 Å². The van der Waals surface area contributed by atoms with Crippen LogP contribution in [0.4, 0.5) is 0 Å². The van der Waals surface area contributed by atoms with Crippen LogP contribution in [0.2, 0.25) is 0 Å². The molecule has 0 aromatic heterocycles. The van der Waals surface area contributed by atoms with Gasteiger partial charge in [-0.2, -0.15) is 0 Å². The fourth-order valence-electron chi connectivity index (χ4n) is 2.02. The third-order valence-corrected chi connectivity index (χ3v) is 3.53. The van der Waals surface area contributed by atoms with Crippen molar-refractivity contribution in [2.24, 2.45) is 11.7 Å². The number of aliphatic hydroxyl groups excluding tert-OH is 1. The van der Waals surface area contributed by atoms with E-state index in [0.29, 0.717) is 0 Å². The van der Waals surface area contributed by atoms with E-state index in [9.17, 15) is 29.1 Å². The summed E-state index contributed by atoms with van der Waals surface area (Å²) in [6.45, 7) is 1.91. The molecule has 0 aliphatic carbocycles. The molecule has 3 amide bonds. The molecule has 0 aliphatic heterocycles. The number of aliphatic carboxylic acids is 2. The van der Waals surface area contributed by atoms with Crippen molar-refractivity contribution in [1.82, 2.24) is 16.0 Å². The number of nitrogens with one attached hydrogen (secondary N) is 3. The summed E-state index contributed by atoms with van der Waals surface area (Å²) < 4.78 is 0. The summed E-state index contributed by atoms with van der Waals surface area (Å²) in [6.07, 6.45) is -0.795. The normalized spacial score (nSPS) is 14.0. The average Bonchev–Trinajstić information content (AvgIpc) is 2.59. The van der Waals surface area contributed by atoms with Crippen molar-refractivity contribution in [2.45, 2.75) is 44.8 Å². The summed E-state index contributed by atoms with van der Waals surface area (Å²) in [5.74, 6) is -5.53. The zero-order valence-electron chi connectivity index (χ0n) is 15.1. The minimum atomic E-state index is -1.40. The second-order valence-corrected chi connectivity index (χ2v) is 6.07. The Bertz CT molecular complexity index is 566. The Morgan fingerprint density at radius 3 is 1.89 bits per heavy atom. The highest BCUT2D eigenvalue weighted by Crippen LogP contribution is 2.05. The molecule has 0 aromatic rings. The minimum absolute atomic E-state index is 0.319. The van der Waals surface area contributed by atoms with E-state index in [1.165, 1.54) is 0 Å². The van der Waals surface area contributed by atoms with E-state index in [2.05, 4.69) is 16.0 Å². The number of carboxylic acids is 2. The number of amides is 3. The fraction of sp³-hybridized carbons (Fsp3) is 0.667. The monoisotopic (exact) mass is 390 g/mol. The number of carboxylic acid groups (broad SMARTS) is 2. The van der Waals surface area contributed by atoms with Crippen molar-refractivity contribution in [3.63, 3.8) is 0 Å². The molecule has 12 heteroatoms. The van der Waals surface area contributed by atoms with Gasteiger partial charge in [0.2, 0.25) is 17.7 Å². The third-order valence-electron chi connectivity index (χ3n) is 3.53. The van der Waals surface area contributed by atoms with Gasteiger partial charge in [0, 0.05) is 6.42 Å². The molecule has 0 radical (unpaired) electrons. The van der Waals surface area contributed by atoms with Crippen LogP contribution in [0.25, 0.3) is 0 Å². The first kappa shape index (κ1) is 24.3. The van der Waals surface area contributed by atoms with Gasteiger partial charge >= 0.3 is 11.9 Å². The van der Waals surface area contributed by atoms with E-state index in [4.69, 9.17) is 15.9 Å². The molecule has 154 valence electrons. The molecule has 0 heterocycles. The van der Waals surface area contributed by atoms with E-state index >= 15 is 0 Å². The molecule has 0 saturated heterocycles. The van der Waals surface area contributed by atoms with Crippen molar-refractivity contribution in [2.75, 3.05) is 13.2 Å². The second kappa shape index (κ2) is 11.8. The van der Waals surface area contributed by atoms with Gasteiger partial charge in [0.1, 0.15) is 18.1 Å². The zero-order valence-corrected chi connectivity index (χ0v) is 15.1. The molecule has 3 atom stereocenters. The lowest BCUT2D eigenvalue weighted by Crippen LogP contribution is -2.57. The molecule has 27 heavy (non-hydrogen) atoms. The first-order valence-corrected chi connectivity index (χ1v) is 8.19. The van der Waals surface area contributed by atoms with E-state index in [1.807, 2.05) is 0 Å². The van der Waals surface area contributed by atoms with Gasteiger partial charge < -0.3 is 37.0 Å². The van der Waals surface area contributed by atoms with Crippen LogP contribution in [-0.4, -0.2) is 76.3 Å². The largest absolute Gasteiger partial charge is 0.481 e. The zero-order chi connectivity index (χ0) is 21.1. The topological polar surface area (TPSA) is 208 Å². The molecule has 0 aliphatic rings. The van der Waals surface area contributed by atoms with Crippen LogP contribution in [0.5, 0.6) is 0 Å². The molecule has 0 aromatic carbocycles. The Balaban J connectivity index is 5.24. The SMILES string of the molecule is CC(C)C(NC(=O)C(CCC(=O)O)NC(=O)C(CO)NC(=O)CN)C(=O)O. The molecule has 0 bridgehead atoms. The summed E-state index contributed by atoms with van der Waals surface area (Å²) in [6, 6.07) is -4.02. The molecule has 3 unspecified atom stereocenters. The maximum atomic E-state index is 12.3. The Labute approximate surface area is 155 Å². The van der Waals surface area contributed by atoms with Gasteiger partial charge in [-0.1, -0.05) is 13.8 Å². The van der Waals surface area contributed by atoms with Crippen LogP contribution in [0, 0.1) is 5.92 Å². The number of rotatable bonds is 12. The minimum Gasteiger partial charge on any atom is -0.481 e. The van der Waals surface area contributed by atoms with Crippen molar-refractivity contribution in [3.8, 4) is 0 Å². The lowest BCUT2D eigenvalue weighted by Gasteiger charge is -2.24. The number of aliphatic hydroxyl groups is 1. The molecule has 0 saturated carbocycles. The van der Waals surface area contributed by atoms with Crippen molar-refractivity contribution < 1.29 is 39.3 Å². The van der Waals surface area contributed by atoms with E-state index in [1.54, 1.807) is 13.8 Å². The standard InChI is InChI=1S/C15H26N4O8/c1-7(2)12(15(26)27)19-13(24)8(3-4-11(22)23)18-14(25)9(6-20)17-10(21)5-16/h7-9,12,20H,3-6,16H2,1-2H3,(H,17,21)(H,18,25)(H,19,24)(H,22,23)(H,26,27). The smallest absolute Gasteiger partial charge is 0.326 e. The van der Waals surface area contributed by atoms with Gasteiger partial charge in [-0.3, -0.25) is 19.2 Å². The Hall–Kier alpha value is -2.73. The van der Waals surface area contributed by atoms with Crippen LogP contribution in [0.15, 0.2) is 0 Å². The highest BCUT2D eigenvalue weighted by molar-refractivity contribution is 5.93. The Morgan fingerprint density at radius 1 is 0.926 bits per heavy atom. The third kappa shape index (κ3) is 8.96. The van der Waals surface area contributed by atoms with Gasteiger partial charge in [-0.15, -0.1) is 0 Å². The van der Waals surface area contributed by atoms with Crippen molar-refractivity contribution in [1.29, 1.82) is 0 Å². The first-order chi connectivity index (χ1) is 12.5. The maximum Gasteiger partial charge on any atom is 0.326 e. The predicted octanol–water partition coefficient (Wildman–Crippen LogP) is -3.00. The van der Waals surface area contributed by atoms with Crippen LogP contribution < -0.4 is 21.7 Å². The summed E-state index contributed by atoms with van der Waals surface area (Å²) in [5.41, 5.74) is 5.11. The number of hydrogen-bond donors (Lipinski definition) is 7. The van der Waals surface area contributed by atoms with Gasteiger partial charge in [-0.05, 0) is 12.3 Å². The van der Waals surface area contributed by atoms with E-state index in [-0.39, 0.29) is 6.42 Å². The van der Waals surface area contributed by atoms with E-state index < -0.39 is 73.3 Å². The highest BCUT2D eigenvalue weighted by Gasteiger charge is 2.30. The van der Waals surface area contributed by atoms with Gasteiger partial charge in [0.05, 0.1) is 13.2 Å². The average molecular weight is 390 g/mol. The molecule has 0 fully saturated rings. The molecular formula is C15H26N4O8. The molecule has 8 N–H and O–H groups in total. The number of hydrogen-bond acceptors (Lipinski definition) is 7. The van der Waals surface area contributed by atoms with Crippen molar-refractivity contribution in [3.05, 3.63) is 0 Å². The quantitative estimate of drug-likeness (QED) is 0.181. The van der Waals surface area contributed by atoms with Crippen LogP contribution in [0.3, 0.4) is 0 Å². The highest BCUT2D eigenvalue weighted by atomic mass is 16.4. The van der Waals surface area contributed by atoms with Gasteiger partial charge in [-0.25, -0.2) is 4.79 Å². The number of nitrogens with two attached hydrogens (primary N) is 1. The summed E-state index contributed by atoms with van der Waals surface area (Å²) in [7, 11) is 0. The van der Waals surface area contributed by atoms with E-state index in [0.717, 1.165) is 0 Å². The summed E-state index contributed by atoms with van der Waals surface area (Å²) in [5, 5.41) is 33.7. The molecule has 12 nitrogen and oxygen atoms in total. The second-order valence-electron chi connectivity index (χ2n) is 6.07. The lowest BCUT2D eigenvalue weighted by molar-refractivity contribution is -0.144. The predicted molar refractivity (Wildman–Crippen MR) is 91.3 cm³/mol. The lowest BCUT2D eigenvalue weighted by atomic mass is 10.0. The number of carbonyl (C=O) groups excluding carboxylic acids is 3. The van der Waals surface area contributed by atoms with Crippen LogP contribution in [0.1, 0.15) is 26.7 Å². The fourth-order valence-corrected chi connectivity index (χ4v) is 2.02. The van der Waals surface area contributed by atoms with Gasteiger partial charge in [0.25, 0.3) is 0 Å². The van der Waals surface area contributed by atoms with Gasteiger partial charge in [0.15, 0.2) is 0 Å². The molecule has 0 spiro atoms. The summed E-state index contributed by atoms with van der Waals surface area (Å²) in [4.78, 5) is 57.8. The van der Waals surface area contributed by atoms with Crippen LogP contribution in [-0.2, 0) is 24.0 Å². The Kier molecular flexibility index (Phi) is 10.6. The number of carbonyl (C=O) groups is 5. The van der Waals surface area contributed by atoms with Crippen molar-refractivity contribution >= 4 is 29.7 Å². The molecule has 0 rings (SSSR count). The Morgan fingerprint density at radius 2 is 1.48 bits per heavy atom.